The Hall–Kier alpha value is -2.63. The zero-order valence-corrected chi connectivity index (χ0v) is 11.5. The predicted molar refractivity (Wildman–Crippen MR) is 76.4 cm³/mol. The number of amides is 1. The fraction of sp³-hybridized carbons (Fsp3) is 0.267. The van der Waals surface area contributed by atoms with Crippen LogP contribution in [-0.4, -0.2) is 33.5 Å². The van der Waals surface area contributed by atoms with Gasteiger partial charge in [0.25, 0.3) is 5.91 Å². The number of nitrogens with one attached hydrogen (secondary N) is 1. The molecule has 0 radical (unpaired) electrons. The Kier molecular flexibility index (Phi) is 3.21. The zero-order valence-electron chi connectivity index (χ0n) is 11.5. The van der Waals surface area contributed by atoms with E-state index >= 15 is 0 Å². The van der Waals surface area contributed by atoms with Gasteiger partial charge in [0.2, 0.25) is 0 Å². The van der Waals surface area contributed by atoms with Crippen molar-refractivity contribution in [3.63, 3.8) is 0 Å². The van der Waals surface area contributed by atoms with Gasteiger partial charge in [-0.3, -0.25) is 9.59 Å². The van der Waals surface area contributed by atoms with Gasteiger partial charge in [-0.25, -0.2) is 4.98 Å². The van der Waals surface area contributed by atoms with Gasteiger partial charge in [0.1, 0.15) is 5.69 Å². The quantitative estimate of drug-likeness (QED) is 0.902. The van der Waals surface area contributed by atoms with Crippen molar-refractivity contribution in [2.24, 2.45) is 0 Å². The summed E-state index contributed by atoms with van der Waals surface area (Å²) < 4.78 is 0. The topological polar surface area (TPSA) is 86.3 Å². The van der Waals surface area contributed by atoms with Gasteiger partial charge in [-0.2, -0.15) is 0 Å². The van der Waals surface area contributed by atoms with Crippen molar-refractivity contribution >= 4 is 17.6 Å². The van der Waals surface area contributed by atoms with Gasteiger partial charge in [0.05, 0.1) is 12.7 Å². The Morgan fingerprint density at radius 3 is 2.86 bits per heavy atom. The molecule has 6 heteroatoms. The number of aromatic amines is 1. The van der Waals surface area contributed by atoms with E-state index in [4.69, 9.17) is 5.11 Å². The minimum absolute atomic E-state index is 0.0142. The normalized spacial score (nSPS) is 16.8. The summed E-state index contributed by atoms with van der Waals surface area (Å²) in [6, 6.07) is 7.44. The van der Waals surface area contributed by atoms with Gasteiger partial charge in [-0.05, 0) is 18.6 Å². The van der Waals surface area contributed by atoms with E-state index in [0.717, 1.165) is 11.3 Å². The van der Waals surface area contributed by atoms with Crippen LogP contribution in [0, 0.1) is 6.92 Å². The standard InChI is InChI=1S/C15H15N3O3/c1-9-14(17-8-16-9)15(21)18-7-10(6-13(19)20)11-4-2-3-5-12(11)18/h2-5,8,10H,6-7H2,1H3,(H,16,17)(H,19,20). The molecule has 2 aromatic rings. The largest absolute Gasteiger partial charge is 0.481 e. The highest BCUT2D eigenvalue weighted by Crippen LogP contribution is 2.38. The Morgan fingerprint density at radius 1 is 1.43 bits per heavy atom. The van der Waals surface area contributed by atoms with Crippen LogP contribution in [0.4, 0.5) is 5.69 Å². The molecule has 21 heavy (non-hydrogen) atoms. The van der Waals surface area contributed by atoms with E-state index in [1.807, 2.05) is 24.3 Å². The molecule has 1 aromatic heterocycles. The van der Waals surface area contributed by atoms with Crippen LogP contribution < -0.4 is 4.90 Å². The SMILES string of the molecule is Cc1[nH]cnc1C(=O)N1CC(CC(=O)O)c2ccccc21. The van der Waals surface area contributed by atoms with Crippen LogP contribution in [0.15, 0.2) is 30.6 Å². The Balaban J connectivity index is 1.96. The molecule has 2 heterocycles. The molecule has 3 rings (SSSR count). The first-order valence-electron chi connectivity index (χ1n) is 6.70. The number of nitrogens with zero attached hydrogens (tertiary/aromatic N) is 2. The van der Waals surface area contributed by atoms with E-state index in [-0.39, 0.29) is 18.2 Å². The summed E-state index contributed by atoms with van der Waals surface area (Å²) in [4.78, 5) is 32.2. The van der Waals surface area contributed by atoms with Crippen molar-refractivity contribution in [2.45, 2.75) is 19.3 Å². The number of hydrogen-bond acceptors (Lipinski definition) is 3. The van der Waals surface area contributed by atoms with Crippen LogP contribution in [0.3, 0.4) is 0 Å². The van der Waals surface area contributed by atoms with E-state index in [1.54, 1.807) is 11.8 Å². The second kappa shape index (κ2) is 5.05. The van der Waals surface area contributed by atoms with Crippen LogP contribution in [0.25, 0.3) is 0 Å². The number of aromatic nitrogens is 2. The predicted octanol–water partition coefficient (Wildman–Crippen LogP) is 1.94. The molecule has 1 aliphatic heterocycles. The molecule has 1 aromatic carbocycles. The molecule has 2 N–H and O–H groups in total. The lowest BCUT2D eigenvalue weighted by atomic mass is 9.98. The average Bonchev–Trinajstić information content (AvgIpc) is 3.02. The molecular formula is C15H15N3O3. The lowest BCUT2D eigenvalue weighted by Gasteiger charge is -2.16. The number of carboxylic acids is 1. The van der Waals surface area contributed by atoms with Crippen molar-refractivity contribution in [1.82, 2.24) is 9.97 Å². The summed E-state index contributed by atoms with van der Waals surface area (Å²) >= 11 is 0. The van der Waals surface area contributed by atoms with Crippen LogP contribution >= 0.6 is 0 Å². The molecule has 1 aliphatic rings. The third-order valence-electron chi connectivity index (χ3n) is 3.77. The summed E-state index contributed by atoms with van der Waals surface area (Å²) in [6.07, 6.45) is 1.50. The number of carbonyl (C=O) groups is 2. The van der Waals surface area contributed by atoms with Crippen LogP contribution in [0.5, 0.6) is 0 Å². The van der Waals surface area contributed by atoms with Crippen molar-refractivity contribution in [3.05, 3.63) is 47.5 Å². The number of fused-ring (bicyclic) bond motifs is 1. The fourth-order valence-electron chi connectivity index (χ4n) is 2.78. The number of imidazole rings is 1. The molecule has 0 fully saturated rings. The van der Waals surface area contributed by atoms with Gasteiger partial charge in [0, 0.05) is 23.8 Å². The number of benzene rings is 1. The van der Waals surface area contributed by atoms with Crippen molar-refractivity contribution < 1.29 is 14.7 Å². The number of hydrogen-bond donors (Lipinski definition) is 2. The molecule has 1 unspecified atom stereocenters. The third kappa shape index (κ3) is 2.29. The van der Waals surface area contributed by atoms with E-state index < -0.39 is 5.97 Å². The Labute approximate surface area is 121 Å². The number of anilines is 1. The smallest absolute Gasteiger partial charge is 0.304 e. The van der Waals surface area contributed by atoms with Gasteiger partial charge in [0.15, 0.2) is 0 Å². The Bertz CT molecular complexity index is 708. The highest BCUT2D eigenvalue weighted by molar-refractivity contribution is 6.07. The van der Waals surface area contributed by atoms with E-state index in [1.165, 1.54) is 6.33 Å². The van der Waals surface area contributed by atoms with E-state index in [9.17, 15) is 9.59 Å². The molecule has 0 spiro atoms. The number of para-hydroxylation sites is 1. The number of carbonyl (C=O) groups excluding carboxylic acids is 1. The third-order valence-corrected chi connectivity index (χ3v) is 3.77. The number of aryl methyl sites for hydroxylation is 1. The van der Waals surface area contributed by atoms with Gasteiger partial charge < -0.3 is 15.0 Å². The molecule has 108 valence electrons. The van der Waals surface area contributed by atoms with Gasteiger partial charge in [-0.1, -0.05) is 18.2 Å². The first-order chi connectivity index (χ1) is 10.1. The van der Waals surface area contributed by atoms with Crippen molar-refractivity contribution in [1.29, 1.82) is 0 Å². The number of H-pyrrole nitrogens is 1. The molecule has 1 atom stereocenters. The Morgan fingerprint density at radius 2 is 2.19 bits per heavy atom. The first kappa shape index (κ1) is 13.4. The molecule has 0 bridgehead atoms. The van der Waals surface area contributed by atoms with E-state index in [2.05, 4.69) is 9.97 Å². The van der Waals surface area contributed by atoms with Crippen LogP contribution in [-0.2, 0) is 4.79 Å². The summed E-state index contributed by atoms with van der Waals surface area (Å²) in [6.45, 7) is 2.16. The maximum Gasteiger partial charge on any atom is 0.304 e. The first-order valence-corrected chi connectivity index (χ1v) is 6.70. The molecule has 0 saturated carbocycles. The second-order valence-corrected chi connectivity index (χ2v) is 5.15. The van der Waals surface area contributed by atoms with Crippen molar-refractivity contribution in [3.8, 4) is 0 Å². The van der Waals surface area contributed by atoms with Crippen LogP contribution in [0.1, 0.15) is 34.1 Å². The monoisotopic (exact) mass is 285 g/mol. The average molecular weight is 285 g/mol. The molecule has 0 aliphatic carbocycles. The summed E-state index contributed by atoms with van der Waals surface area (Å²) in [5, 5.41) is 9.03. The number of aliphatic carboxylic acids is 1. The highest BCUT2D eigenvalue weighted by Gasteiger charge is 2.34. The summed E-state index contributed by atoms with van der Waals surface area (Å²) in [5.41, 5.74) is 2.76. The van der Waals surface area contributed by atoms with E-state index in [0.29, 0.717) is 17.9 Å². The summed E-state index contributed by atoms with van der Waals surface area (Å²) in [7, 11) is 0. The maximum absolute atomic E-state index is 12.6. The lowest BCUT2D eigenvalue weighted by molar-refractivity contribution is -0.137. The minimum Gasteiger partial charge on any atom is -0.481 e. The highest BCUT2D eigenvalue weighted by atomic mass is 16.4. The molecule has 1 amide bonds. The lowest BCUT2D eigenvalue weighted by Crippen LogP contribution is -2.31. The number of carboxylic acid groups (broad SMARTS) is 1. The summed E-state index contributed by atoms with van der Waals surface area (Å²) in [5.74, 6) is -1.24. The van der Waals surface area contributed by atoms with Crippen molar-refractivity contribution in [2.75, 3.05) is 11.4 Å². The maximum atomic E-state index is 12.6. The minimum atomic E-state index is -0.861. The molecule has 0 saturated heterocycles. The van der Waals surface area contributed by atoms with Crippen LogP contribution in [0.2, 0.25) is 0 Å². The van der Waals surface area contributed by atoms with Gasteiger partial charge >= 0.3 is 5.97 Å². The molecular weight excluding hydrogens is 270 g/mol. The zero-order chi connectivity index (χ0) is 15.0. The molecule has 6 nitrogen and oxygen atoms in total. The van der Waals surface area contributed by atoms with Gasteiger partial charge in [-0.15, -0.1) is 0 Å². The fourth-order valence-corrected chi connectivity index (χ4v) is 2.78. The second-order valence-electron chi connectivity index (χ2n) is 5.15. The number of rotatable bonds is 3.